The van der Waals surface area contributed by atoms with E-state index in [1.807, 2.05) is 30.3 Å². The molecule has 12 heteroatoms. The fourth-order valence-electron chi connectivity index (χ4n) is 5.68. The van der Waals surface area contributed by atoms with Crippen molar-refractivity contribution in [2.24, 2.45) is 11.8 Å². The summed E-state index contributed by atoms with van der Waals surface area (Å²) in [5.74, 6) is -2.25. The number of aromatic amines is 1. The van der Waals surface area contributed by atoms with Crippen LogP contribution in [0.15, 0.2) is 42.9 Å². The zero-order valence-electron chi connectivity index (χ0n) is 26.1. The van der Waals surface area contributed by atoms with Crippen LogP contribution in [0.3, 0.4) is 0 Å². The highest BCUT2D eigenvalue weighted by atomic mass is 32.2. The predicted octanol–water partition coefficient (Wildman–Crippen LogP) is 2.07. The van der Waals surface area contributed by atoms with Crippen molar-refractivity contribution in [1.82, 2.24) is 20.6 Å². The Morgan fingerprint density at radius 2 is 1.70 bits per heavy atom. The molecule has 0 radical (unpaired) electrons. The average molecular weight is 635 g/mol. The topological polar surface area (TPSA) is 182 Å². The second-order valence-corrected chi connectivity index (χ2v) is 15.8. The Morgan fingerprint density at radius 1 is 1.02 bits per heavy atom. The van der Waals surface area contributed by atoms with Gasteiger partial charge in [-0.15, -0.1) is 0 Å². The average Bonchev–Trinajstić information content (AvgIpc) is 3.49. The lowest BCUT2D eigenvalue weighted by Crippen LogP contribution is -2.57. The van der Waals surface area contributed by atoms with Crippen LogP contribution in [-0.2, 0) is 32.3 Å². The van der Waals surface area contributed by atoms with Crippen molar-refractivity contribution in [3.05, 3.63) is 54.1 Å². The molecule has 2 amide bonds. The van der Waals surface area contributed by atoms with Gasteiger partial charge in [0.25, 0.3) is 0 Å². The maximum atomic E-state index is 13.8. The summed E-state index contributed by atoms with van der Waals surface area (Å²) in [6.07, 6.45) is 6.19. The molecule has 1 aromatic heterocycles. The Kier molecular flexibility index (Phi) is 13.4. The molecule has 44 heavy (non-hydrogen) atoms. The number of imidazole rings is 1. The molecule has 0 saturated heterocycles. The van der Waals surface area contributed by atoms with Gasteiger partial charge in [0.05, 0.1) is 34.9 Å². The Balaban J connectivity index is 1.87. The minimum atomic E-state index is -3.69. The molecular formula is C32H50N4O7S. The minimum absolute atomic E-state index is 0.0457. The largest absolute Gasteiger partial charge is 0.396 e. The highest BCUT2D eigenvalue weighted by molar-refractivity contribution is 7.92. The van der Waals surface area contributed by atoms with Gasteiger partial charge in [0, 0.05) is 24.9 Å². The smallest absolute Gasteiger partial charge is 0.243 e. The molecule has 1 aliphatic rings. The van der Waals surface area contributed by atoms with Crippen LogP contribution in [0, 0.1) is 11.8 Å². The molecule has 5 atom stereocenters. The number of sulfone groups is 1. The van der Waals surface area contributed by atoms with Crippen LogP contribution in [0.2, 0.25) is 0 Å². The molecule has 2 unspecified atom stereocenters. The zero-order chi connectivity index (χ0) is 32.3. The summed E-state index contributed by atoms with van der Waals surface area (Å²) in [5.41, 5.74) is 1.37. The number of aromatic nitrogens is 2. The number of carbonyl (C=O) groups excluding carboxylic acids is 2. The van der Waals surface area contributed by atoms with E-state index in [9.17, 15) is 33.3 Å². The summed E-state index contributed by atoms with van der Waals surface area (Å²) >= 11 is 0. The van der Waals surface area contributed by atoms with Gasteiger partial charge < -0.3 is 30.9 Å². The van der Waals surface area contributed by atoms with E-state index >= 15 is 0 Å². The molecule has 3 rings (SSSR count). The van der Waals surface area contributed by atoms with Crippen LogP contribution < -0.4 is 10.6 Å². The van der Waals surface area contributed by atoms with Gasteiger partial charge in [-0.2, -0.15) is 0 Å². The van der Waals surface area contributed by atoms with E-state index in [0.717, 1.165) is 37.7 Å². The lowest BCUT2D eigenvalue weighted by molar-refractivity contribution is -0.132. The van der Waals surface area contributed by atoms with Crippen LogP contribution in [0.25, 0.3) is 0 Å². The van der Waals surface area contributed by atoms with E-state index in [-0.39, 0.29) is 31.8 Å². The molecule has 246 valence electrons. The molecule has 1 heterocycles. The number of rotatable bonds is 16. The van der Waals surface area contributed by atoms with Gasteiger partial charge in [-0.3, -0.25) is 9.59 Å². The van der Waals surface area contributed by atoms with Crippen LogP contribution in [0.1, 0.15) is 77.0 Å². The molecule has 0 bridgehead atoms. The van der Waals surface area contributed by atoms with Gasteiger partial charge in [0.2, 0.25) is 11.8 Å². The Labute approximate surface area is 261 Å². The Hall–Kier alpha value is -2.80. The van der Waals surface area contributed by atoms with E-state index in [1.54, 1.807) is 20.8 Å². The van der Waals surface area contributed by atoms with Gasteiger partial charge >= 0.3 is 0 Å². The normalized spacial score (nSPS) is 18.1. The summed E-state index contributed by atoms with van der Waals surface area (Å²) in [4.78, 5) is 34.6. The van der Waals surface area contributed by atoms with Crippen molar-refractivity contribution in [3.63, 3.8) is 0 Å². The Morgan fingerprint density at radius 3 is 2.30 bits per heavy atom. The van der Waals surface area contributed by atoms with Gasteiger partial charge in [0.15, 0.2) is 9.84 Å². The number of amides is 2. The number of aliphatic hydroxyl groups is 3. The van der Waals surface area contributed by atoms with E-state index in [4.69, 9.17) is 0 Å². The highest BCUT2D eigenvalue weighted by Crippen LogP contribution is 2.29. The van der Waals surface area contributed by atoms with Gasteiger partial charge in [0.1, 0.15) is 12.1 Å². The summed E-state index contributed by atoms with van der Waals surface area (Å²) < 4.78 is 25.4. The lowest BCUT2D eigenvalue weighted by atomic mass is 9.82. The van der Waals surface area contributed by atoms with E-state index in [1.165, 1.54) is 12.5 Å². The summed E-state index contributed by atoms with van der Waals surface area (Å²) in [6.45, 7) is 4.47. The zero-order valence-corrected chi connectivity index (χ0v) is 26.9. The number of H-pyrrole nitrogens is 1. The quantitative estimate of drug-likeness (QED) is 0.162. The molecule has 0 spiro atoms. The van der Waals surface area contributed by atoms with Crippen LogP contribution in [0.4, 0.5) is 0 Å². The second-order valence-electron chi connectivity index (χ2n) is 13.0. The van der Waals surface area contributed by atoms with Crippen molar-refractivity contribution in [2.75, 3.05) is 12.4 Å². The molecule has 1 fully saturated rings. The summed E-state index contributed by atoms with van der Waals surface area (Å²) in [5, 5.41) is 36.5. The standard InChI is InChI=1S/C32H50N4O7S/c1-32(2,3)44(42,43)20-24(16-22-10-6-4-7-11-22)30(40)36-27(18-25-19-33-21-34-25)31(41)35-26(29(39)28(38)14-15-37)17-23-12-8-5-9-13-23/h4,6-7,10-11,19,21,23-24,26-29,37-39H,5,8-9,12-18,20H2,1-3H3,(H,33,34)(H,35,41)(H,36,40)/t24-,26+,27+,28?,29?/m1/s1. The first-order valence-corrected chi connectivity index (χ1v) is 17.3. The van der Waals surface area contributed by atoms with Crippen LogP contribution in [-0.4, -0.2) is 86.9 Å². The molecular weight excluding hydrogens is 584 g/mol. The second kappa shape index (κ2) is 16.5. The first-order chi connectivity index (χ1) is 20.8. The summed E-state index contributed by atoms with van der Waals surface area (Å²) in [7, 11) is -3.69. The third kappa shape index (κ3) is 10.7. The van der Waals surface area contributed by atoms with Gasteiger partial charge in [-0.05, 0) is 51.5 Å². The SMILES string of the molecule is CC(C)(C)S(=O)(=O)C[C@@H](Cc1ccccc1)C(=O)N[C@@H](Cc1cnc[nH]1)C(=O)N[C@@H](CC1CCCCC1)C(O)C(O)CCO. The maximum Gasteiger partial charge on any atom is 0.243 e. The molecule has 1 aliphatic carbocycles. The first-order valence-electron chi connectivity index (χ1n) is 15.6. The van der Waals surface area contributed by atoms with E-state index < -0.39 is 62.4 Å². The first kappa shape index (κ1) is 35.7. The van der Waals surface area contributed by atoms with Crippen LogP contribution in [0.5, 0.6) is 0 Å². The number of hydrogen-bond donors (Lipinski definition) is 6. The number of nitrogens with one attached hydrogen (secondary N) is 3. The third-order valence-electron chi connectivity index (χ3n) is 8.53. The van der Waals surface area contributed by atoms with Gasteiger partial charge in [-0.25, -0.2) is 13.4 Å². The number of nitrogens with zero attached hydrogens (tertiary/aromatic N) is 1. The predicted molar refractivity (Wildman–Crippen MR) is 168 cm³/mol. The lowest BCUT2D eigenvalue weighted by Gasteiger charge is -2.33. The fraction of sp³-hybridized carbons (Fsp3) is 0.656. The highest BCUT2D eigenvalue weighted by Gasteiger charge is 2.37. The number of hydrogen-bond acceptors (Lipinski definition) is 8. The molecule has 1 saturated carbocycles. The number of aliphatic hydroxyl groups excluding tert-OH is 3. The van der Waals surface area contributed by atoms with Crippen molar-refractivity contribution < 1.29 is 33.3 Å². The van der Waals surface area contributed by atoms with Crippen molar-refractivity contribution in [2.45, 2.75) is 108 Å². The van der Waals surface area contributed by atoms with Gasteiger partial charge in [-0.1, -0.05) is 62.4 Å². The van der Waals surface area contributed by atoms with E-state index in [0.29, 0.717) is 12.1 Å². The fourth-order valence-corrected chi connectivity index (χ4v) is 6.97. The molecule has 6 N–H and O–H groups in total. The molecule has 0 aliphatic heterocycles. The van der Waals surface area contributed by atoms with E-state index in [2.05, 4.69) is 20.6 Å². The van der Waals surface area contributed by atoms with Crippen molar-refractivity contribution >= 4 is 21.7 Å². The minimum Gasteiger partial charge on any atom is -0.396 e. The van der Waals surface area contributed by atoms with Crippen molar-refractivity contribution in [1.29, 1.82) is 0 Å². The molecule has 2 aromatic rings. The third-order valence-corrected chi connectivity index (χ3v) is 11.2. The Bertz CT molecular complexity index is 1260. The maximum absolute atomic E-state index is 13.8. The number of benzene rings is 1. The molecule has 11 nitrogen and oxygen atoms in total. The summed E-state index contributed by atoms with van der Waals surface area (Å²) in [6, 6.07) is 7.20. The van der Waals surface area contributed by atoms with Crippen LogP contribution >= 0.6 is 0 Å². The van der Waals surface area contributed by atoms with Crippen molar-refractivity contribution in [3.8, 4) is 0 Å². The number of carbonyl (C=O) groups is 2. The molecule has 1 aromatic carbocycles. The monoisotopic (exact) mass is 634 g/mol.